The number of nitro benzene ring substituents is 1. The molecule has 0 fully saturated rings. The molecule has 1 rings (SSSR count). The first-order valence-electron chi connectivity index (χ1n) is 6.68. The Morgan fingerprint density at radius 1 is 1.48 bits per heavy atom. The molecule has 1 unspecified atom stereocenters. The molecule has 0 bridgehead atoms. The van der Waals surface area contributed by atoms with Crippen LogP contribution in [-0.4, -0.2) is 37.7 Å². The van der Waals surface area contributed by atoms with Crippen molar-refractivity contribution >= 4 is 11.7 Å². The first kappa shape index (κ1) is 16.9. The van der Waals surface area contributed by atoms with Gasteiger partial charge in [-0.2, -0.15) is 0 Å². The van der Waals surface area contributed by atoms with Gasteiger partial charge in [0, 0.05) is 12.5 Å². The SMILES string of the molecule is CCc1ccc(OCCC(NC)C(=O)OC)c([N+](=O)[O-])c1. The highest BCUT2D eigenvalue weighted by Gasteiger charge is 2.19. The largest absolute Gasteiger partial charge is 0.487 e. The summed E-state index contributed by atoms with van der Waals surface area (Å²) in [6, 6.07) is 4.39. The van der Waals surface area contributed by atoms with Crippen molar-refractivity contribution in [3.05, 3.63) is 33.9 Å². The number of hydrogen-bond acceptors (Lipinski definition) is 6. The van der Waals surface area contributed by atoms with E-state index in [9.17, 15) is 14.9 Å². The van der Waals surface area contributed by atoms with Crippen molar-refractivity contribution < 1.29 is 19.2 Å². The van der Waals surface area contributed by atoms with Gasteiger partial charge in [-0.3, -0.25) is 14.9 Å². The van der Waals surface area contributed by atoms with E-state index in [2.05, 4.69) is 10.1 Å². The lowest BCUT2D eigenvalue weighted by atomic mass is 10.1. The number of rotatable bonds is 8. The lowest BCUT2D eigenvalue weighted by Gasteiger charge is -2.14. The highest BCUT2D eigenvalue weighted by atomic mass is 16.6. The molecule has 0 radical (unpaired) electrons. The van der Waals surface area contributed by atoms with E-state index in [0.717, 1.165) is 5.56 Å². The average Bonchev–Trinajstić information content (AvgIpc) is 2.50. The summed E-state index contributed by atoms with van der Waals surface area (Å²) in [6.45, 7) is 2.10. The zero-order valence-electron chi connectivity index (χ0n) is 12.4. The first-order chi connectivity index (χ1) is 10.0. The van der Waals surface area contributed by atoms with Crippen LogP contribution in [0, 0.1) is 10.1 Å². The van der Waals surface area contributed by atoms with E-state index in [-0.39, 0.29) is 18.0 Å². The quantitative estimate of drug-likeness (QED) is 0.446. The third-order valence-electron chi connectivity index (χ3n) is 3.13. The number of carbonyl (C=O) groups excluding carboxylic acids is 1. The predicted molar refractivity (Wildman–Crippen MR) is 77.5 cm³/mol. The van der Waals surface area contributed by atoms with Crippen LogP contribution in [0.1, 0.15) is 18.9 Å². The highest BCUT2D eigenvalue weighted by Crippen LogP contribution is 2.28. The molecule has 21 heavy (non-hydrogen) atoms. The summed E-state index contributed by atoms with van der Waals surface area (Å²) in [6.07, 6.45) is 1.07. The third-order valence-corrected chi connectivity index (χ3v) is 3.13. The number of nitrogens with zero attached hydrogens (tertiary/aromatic N) is 1. The number of nitrogens with one attached hydrogen (secondary N) is 1. The van der Waals surface area contributed by atoms with E-state index in [1.54, 1.807) is 19.2 Å². The summed E-state index contributed by atoms with van der Waals surface area (Å²) in [7, 11) is 2.95. The Morgan fingerprint density at radius 2 is 2.19 bits per heavy atom. The van der Waals surface area contributed by atoms with Crippen molar-refractivity contribution in [1.82, 2.24) is 5.32 Å². The van der Waals surface area contributed by atoms with Gasteiger partial charge in [-0.1, -0.05) is 13.0 Å². The number of nitro groups is 1. The van der Waals surface area contributed by atoms with Gasteiger partial charge in [0.05, 0.1) is 18.6 Å². The third kappa shape index (κ3) is 4.71. The number of methoxy groups -OCH3 is 1. The second kappa shape index (κ2) is 8.21. The Kier molecular flexibility index (Phi) is 6.61. The van der Waals surface area contributed by atoms with Gasteiger partial charge in [-0.15, -0.1) is 0 Å². The fourth-order valence-electron chi connectivity index (χ4n) is 1.86. The van der Waals surface area contributed by atoms with Crippen LogP contribution in [0.15, 0.2) is 18.2 Å². The van der Waals surface area contributed by atoms with Crippen molar-refractivity contribution in [3.8, 4) is 5.75 Å². The zero-order chi connectivity index (χ0) is 15.8. The van der Waals surface area contributed by atoms with Crippen LogP contribution in [0.25, 0.3) is 0 Å². The lowest BCUT2D eigenvalue weighted by molar-refractivity contribution is -0.385. The molecular formula is C14H20N2O5. The molecule has 1 aromatic carbocycles. The minimum atomic E-state index is -0.496. The topological polar surface area (TPSA) is 90.7 Å². The number of carbonyl (C=O) groups is 1. The summed E-state index contributed by atoms with van der Waals surface area (Å²) in [5.74, 6) is -0.186. The van der Waals surface area contributed by atoms with Gasteiger partial charge in [0.25, 0.3) is 0 Å². The molecule has 0 aromatic heterocycles. The van der Waals surface area contributed by atoms with E-state index >= 15 is 0 Å². The number of aryl methyl sites for hydroxylation is 1. The molecule has 0 aliphatic rings. The van der Waals surface area contributed by atoms with E-state index in [1.807, 2.05) is 6.92 Å². The molecule has 1 N–H and O–H groups in total. The van der Waals surface area contributed by atoms with Crippen LogP contribution < -0.4 is 10.1 Å². The zero-order valence-corrected chi connectivity index (χ0v) is 12.4. The van der Waals surface area contributed by atoms with E-state index in [1.165, 1.54) is 13.2 Å². The van der Waals surface area contributed by atoms with Crippen molar-refractivity contribution in [2.45, 2.75) is 25.8 Å². The van der Waals surface area contributed by atoms with E-state index in [0.29, 0.717) is 12.8 Å². The molecule has 1 atom stereocenters. The normalized spacial score (nSPS) is 11.8. The minimum Gasteiger partial charge on any atom is -0.487 e. The molecule has 1 aromatic rings. The highest BCUT2D eigenvalue weighted by molar-refractivity contribution is 5.75. The molecule has 7 heteroatoms. The molecule has 0 spiro atoms. The number of benzene rings is 1. The second-order valence-corrected chi connectivity index (χ2v) is 4.41. The summed E-state index contributed by atoms with van der Waals surface area (Å²) in [5, 5.41) is 13.8. The second-order valence-electron chi connectivity index (χ2n) is 4.41. The van der Waals surface area contributed by atoms with Crippen molar-refractivity contribution in [3.63, 3.8) is 0 Å². The number of likely N-dealkylation sites (N-methyl/N-ethyl adjacent to an activating group) is 1. The maximum atomic E-state index is 11.4. The van der Waals surface area contributed by atoms with Gasteiger partial charge in [0.15, 0.2) is 5.75 Å². The van der Waals surface area contributed by atoms with Gasteiger partial charge in [0.1, 0.15) is 6.04 Å². The van der Waals surface area contributed by atoms with E-state index in [4.69, 9.17) is 4.74 Å². The van der Waals surface area contributed by atoms with Crippen LogP contribution in [0.4, 0.5) is 5.69 Å². The summed E-state index contributed by atoms with van der Waals surface area (Å²) in [5.41, 5.74) is 0.810. The molecule has 0 heterocycles. The van der Waals surface area contributed by atoms with Gasteiger partial charge < -0.3 is 14.8 Å². The van der Waals surface area contributed by atoms with Crippen LogP contribution >= 0.6 is 0 Å². The van der Waals surface area contributed by atoms with Crippen molar-refractivity contribution in [1.29, 1.82) is 0 Å². The molecule has 0 saturated heterocycles. The summed E-state index contributed by atoms with van der Waals surface area (Å²) >= 11 is 0. The Bertz CT molecular complexity index is 504. The monoisotopic (exact) mass is 296 g/mol. The first-order valence-corrected chi connectivity index (χ1v) is 6.68. The van der Waals surface area contributed by atoms with Gasteiger partial charge >= 0.3 is 11.7 Å². The van der Waals surface area contributed by atoms with Gasteiger partial charge in [-0.25, -0.2) is 0 Å². The summed E-state index contributed by atoms with van der Waals surface area (Å²) < 4.78 is 10.1. The predicted octanol–water partition coefficient (Wildman–Crippen LogP) is 1.69. The number of ether oxygens (including phenoxy) is 2. The standard InChI is InChI=1S/C14H20N2O5/c1-4-10-5-6-13(12(9-10)16(18)19)21-8-7-11(15-2)14(17)20-3/h5-6,9,11,15H,4,7-8H2,1-3H3. The molecular weight excluding hydrogens is 276 g/mol. The maximum absolute atomic E-state index is 11.4. The maximum Gasteiger partial charge on any atom is 0.322 e. The Labute approximate surface area is 123 Å². The van der Waals surface area contributed by atoms with Crippen LogP contribution in [0.3, 0.4) is 0 Å². The Morgan fingerprint density at radius 3 is 2.71 bits per heavy atom. The molecule has 116 valence electrons. The van der Waals surface area contributed by atoms with Gasteiger partial charge in [0.2, 0.25) is 0 Å². The molecule has 0 saturated carbocycles. The number of esters is 1. The lowest BCUT2D eigenvalue weighted by Crippen LogP contribution is -2.36. The molecule has 0 amide bonds. The molecule has 7 nitrogen and oxygen atoms in total. The number of hydrogen-bond donors (Lipinski definition) is 1. The average molecular weight is 296 g/mol. The van der Waals surface area contributed by atoms with Crippen molar-refractivity contribution in [2.75, 3.05) is 20.8 Å². The van der Waals surface area contributed by atoms with Crippen LogP contribution in [-0.2, 0) is 16.0 Å². The fraction of sp³-hybridized carbons (Fsp3) is 0.500. The fourth-order valence-corrected chi connectivity index (χ4v) is 1.86. The Hall–Kier alpha value is -2.15. The molecule has 0 aliphatic heterocycles. The van der Waals surface area contributed by atoms with Crippen LogP contribution in [0.5, 0.6) is 5.75 Å². The molecule has 0 aliphatic carbocycles. The van der Waals surface area contributed by atoms with E-state index < -0.39 is 16.9 Å². The van der Waals surface area contributed by atoms with Crippen molar-refractivity contribution in [2.24, 2.45) is 0 Å². The van der Waals surface area contributed by atoms with Crippen LogP contribution in [0.2, 0.25) is 0 Å². The van der Waals surface area contributed by atoms with Gasteiger partial charge in [-0.05, 0) is 25.1 Å². The smallest absolute Gasteiger partial charge is 0.322 e. The Balaban J connectivity index is 2.71. The summed E-state index contributed by atoms with van der Waals surface area (Å²) in [4.78, 5) is 22.0. The minimum absolute atomic E-state index is 0.0616.